The Hall–Kier alpha value is -1.26. The summed E-state index contributed by atoms with van der Waals surface area (Å²) >= 11 is 0. The Morgan fingerprint density at radius 2 is 1.64 bits per heavy atom. The Labute approximate surface area is 133 Å². The van der Waals surface area contributed by atoms with Gasteiger partial charge in [0.25, 0.3) is 0 Å². The predicted octanol–water partition coefficient (Wildman–Crippen LogP) is 3.22. The summed E-state index contributed by atoms with van der Waals surface area (Å²) in [6.45, 7) is 7.17. The Morgan fingerprint density at radius 1 is 1.00 bits per heavy atom. The maximum Gasteiger partial charge on any atom is 0.410 e. The molecule has 2 fully saturated rings. The molecule has 5 heteroatoms. The zero-order chi connectivity index (χ0) is 16.3. The van der Waals surface area contributed by atoms with E-state index in [-0.39, 0.29) is 18.0 Å². The number of esters is 1. The molecule has 126 valence electrons. The fourth-order valence-electron chi connectivity index (χ4n) is 3.71. The number of methoxy groups -OCH3 is 1. The monoisotopic (exact) mass is 311 g/mol. The van der Waals surface area contributed by atoms with E-state index in [2.05, 4.69) is 0 Å². The summed E-state index contributed by atoms with van der Waals surface area (Å²) in [5, 5.41) is 0. The summed E-state index contributed by atoms with van der Waals surface area (Å²) in [6.07, 6.45) is 4.64. The smallest absolute Gasteiger partial charge is 0.410 e. The van der Waals surface area contributed by atoms with Gasteiger partial charge in [0.2, 0.25) is 0 Å². The van der Waals surface area contributed by atoms with Crippen molar-refractivity contribution in [3.05, 3.63) is 0 Å². The average molecular weight is 311 g/mol. The predicted molar refractivity (Wildman–Crippen MR) is 83.4 cm³/mol. The highest BCUT2D eigenvalue weighted by molar-refractivity contribution is 5.72. The molecular formula is C17H29NO4. The van der Waals surface area contributed by atoms with Crippen LogP contribution in [-0.2, 0) is 14.3 Å². The Kier molecular flexibility index (Phi) is 5.35. The lowest BCUT2D eigenvalue weighted by Crippen LogP contribution is -2.37. The Bertz CT molecular complexity index is 415. The second-order valence-corrected chi connectivity index (χ2v) is 7.60. The van der Waals surface area contributed by atoms with Crippen molar-refractivity contribution >= 4 is 12.1 Å². The first-order valence-electron chi connectivity index (χ1n) is 8.36. The van der Waals surface area contributed by atoms with E-state index in [0.29, 0.717) is 11.8 Å². The van der Waals surface area contributed by atoms with Gasteiger partial charge < -0.3 is 14.4 Å². The number of likely N-dealkylation sites (tertiary alicyclic amines) is 1. The molecule has 2 rings (SSSR count). The first kappa shape index (κ1) is 17.1. The number of amides is 1. The van der Waals surface area contributed by atoms with Crippen molar-refractivity contribution in [3.8, 4) is 0 Å². The Balaban J connectivity index is 1.92. The molecule has 1 heterocycles. The minimum atomic E-state index is -0.452. The number of ether oxygens (including phenoxy) is 2. The number of carbonyl (C=O) groups is 2. The lowest BCUT2D eigenvalue weighted by molar-refractivity contribution is -0.147. The van der Waals surface area contributed by atoms with Crippen LogP contribution in [0.25, 0.3) is 0 Å². The van der Waals surface area contributed by atoms with E-state index in [1.807, 2.05) is 25.7 Å². The summed E-state index contributed by atoms with van der Waals surface area (Å²) in [4.78, 5) is 25.8. The van der Waals surface area contributed by atoms with Crippen molar-refractivity contribution in [3.63, 3.8) is 0 Å². The van der Waals surface area contributed by atoms with E-state index >= 15 is 0 Å². The molecule has 0 N–H and O–H groups in total. The molecule has 3 atom stereocenters. The van der Waals surface area contributed by atoms with E-state index in [1.54, 1.807) is 0 Å². The molecule has 1 amide bonds. The van der Waals surface area contributed by atoms with Gasteiger partial charge >= 0.3 is 12.1 Å². The number of nitrogens with zero attached hydrogens (tertiary/aromatic N) is 1. The van der Waals surface area contributed by atoms with E-state index < -0.39 is 5.60 Å². The van der Waals surface area contributed by atoms with Crippen LogP contribution in [0.15, 0.2) is 0 Å². The molecule has 1 aliphatic carbocycles. The molecule has 1 aliphatic heterocycles. The van der Waals surface area contributed by atoms with Crippen molar-refractivity contribution in [2.75, 3.05) is 20.2 Å². The standard InChI is InChI=1S/C17H29NO4/c1-17(2,3)22-16(20)18-9-7-12-5-6-14(15(19)21-4)11-13(12)8-10-18/h12-14H,5-11H2,1-4H3. The van der Waals surface area contributed by atoms with Gasteiger partial charge in [0.15, 0.2) is 0 Å². The average Bonchev–Trinajstić information content (AvgIpc) is 2.66. The van der Waals surface area contributed by atoms with Gasteiger partial charge in [-0.15, -0.1) is 0 Å². The van der Waals surface area contributed by atoms with Gasteiger partial charge in [-0.3, -0.25) is 4.79 Å². The molecule has 3 unspecified atom stereocenters. The van der Waals surface area contributed by atoms with Crippen molar-refractivity contribution in [1.29, 1.82) is 0 Å². The molecular weight excluding hydrogens is 282 g/mol. The summed E-state index contributed by atoms with van der Waals surface area (Å²) in [5.41, 5.74) is -0.452. The molecule has 5 nitrogen and oxygen atoms in total. The third-order valence-corrected chi connectivity index (χ3v) is 4.87. The van der Waals surface area contributed by atoms with Crippen LogP contribution in [-0.4, -0.2) is 42.8 Å². The van der Waals surface area contributed by atoms with Crippen LogP contribution in [0.4, 0.5) is 4.79 Å². The summed E-state index contributed by atoms with van der Waals surface area (Å²) in [7, 11) is 1.46. The molecule has 0 aromatic heterocycles. The highest BCUT2D eigenvalue weighted by atomic mass is 16.6. The third kappa shape index (κ3) is 4.37. The van der Waals surface area contributed by atoms with Crippen LogP contribution in [0, 0.1) is 17.8 Å². The minimum absolute atomic E-state index is 0.0410. The van der Waals surface area contributed by atoms with Gasteiger partial charge in [0, 0.05) is 13.1 Å². The second kappa shape index (κ2) is 6.88. The van der Waals surface area contributed by atoms with Crippen molar-refractivity contribution < 1.29 is 19.1 Å². The van der Waals surface area contributed by atoms with Crippen LogP contribution < -0.4 is 0 Å². The molecule has 22 heavy (non-hydrogen) atoms. The number of fused-ring (bicyclic) bond motifs is 1. The third-order valence-electron chi connectivity index (χ3n) is 4.87. The molecule has 0 aromatic rings. The maximum absolute atomic E-state index is 12.2. The SMILES string of the molecule is COC(=O)C1CCC2CCN(C(=O)OC(C)(C)C)CCC2C1. The lowest BCUT2D eigenvalue weighted by atomic mass is 9.72. The number of carbonyl (C=O) groups excluding carboxylic acids is 2. The fourth-order valence-corrected chi connectivity index (χ4v) is 3.71. The van der Waals surface area contributed by atoms with Crippen LogP contribution in [0.2, 0.25) is 0 Å². The zero-order valence-corrected chi connectivity index (χ0v) is 14.3. The maximum atomic E-state index is 12.2. The van der Waals surface area contributed by atoms with E-state index in [1.165, 1.54) is 7.11 Å². The highest BCUT2D eigenvalue weighted by Crippen LogP contribution is 2.40. The molecule has 0 bridgehead atoms. The number of rotatable bonds is 1. The van der Waals surface area contributed by atoms with Gasteiger partial charge in [0.05, 0.1) is 13.0 Å². The molecule has 0 aromatic carbocycles. The van der Waals surface area contributed by atoms with Crippen molar-refractivity contribution in [2.24, 2.45) is 17.8 Å². The lowest BCUT2D eigenvalue weighted by Gasteiger charge is -2.33. The summed E-state index contributed by atoms with van der Waals surface area (Å²) in [5.74, 6) is 1.10. The second-order valence-electron chi connectivity index (χ2n) is 7.60. The van der Waals surface area contributed by atoms with Gasteiger partial charge in [0.1, 0.15) is 5.60 Å². The first-order valence-corrected chi connectivity index (χ1v) is 8.36. The quantitative estimate of drug-likeness (QED) is 0.698. The first-order chi connectivity index (χ1) is 10.3. The van der Waals surface area contributed by atoms with E-state index in [9.17, 15) is 9.59 Å². The summed E-state index contributed by atoms with van der Waals surface area (Å²) in [6, 6.07) is 0. The largest absolute Gasteiger partial charge is 0.469 e. The minimum Gasteiger partial charge on any atom is -0.469 e. The number of hydrogen-bond acceptors (Lipinski definition) is 4. The molecule has 0 spiro atoms. The van der Waals surface area contributed by atoms with Crippen LogP contribution >= 0.6 is 0 Å². The van der Waals surface area contributed by atoms with Crippen molar-refractivity contribution in [1.82, 2.24) is 4.90 Å². The van der Waals surface area contributed by atoms with Crippen molar-refractivity contribution in [2.45, 2.75) is 58.5 Å². The van der Waals surface area contributed by atoms with Gasteiger partial charge in [-0.2, -0.15) is 0 Å². The number of hydrogen-bond donors (Lipinski definition) is 0. The summed E-state index contributed by atoms with van der Waals surface area (Å²) < 4.78 is 10.4. The molecule has 1 saturated carbocycles. The van der Waals surface area contributed by atoms with E-state index in [0.717, 1.165) is 45.2 Å². The molecule has 0 radical (unpaired) electrons. The van der Waals surface area contributed by atoms with Crippen LogP contribution in [0.3, 0.4) is 0 Å². The Morgan fingerprint density at radius 3 is 2.23 bits per heavy atom. The zero-order valence-electron chi connectivity index (χ0n) is 14.3. The topological polar surface area (TPSA) is 55.8 Å². The fraction of sp³-hybridized carbons (Fsp3) is 0.882. The van der Waals surface area contributed by atoms with Gasteiger partial charge in [-0.1, -0.05) is 0 Å². The molecule has 1 saturated heterocycles. The van der Waals surface area contributed by atoms with Crippen LogP contribution in [0.1, 0.15) is 52.9 Å². The normalized spacial score (nSPS) is 29.3. The van der Waals surface area contributed by atoms with Gasteiger partial charge in [-0.25, -0.2) is 4.79 Å². The van der Waals surface area contributed by atoms with E-state index in [4.69, 9.17) is 9.47 Å². The molecule has 2 aliphatic rings. The van der Waals surface area contributed by atoms with Crippen LogP contribution in [0.5, 0.6) is 0 Å². The highest BCUT2D eigenvalue weighted by Gasteiger charge is 2.37. The van der Waals surface area contributed by atoms with Gasteiger partial charge in [-0.05, 0) is 64.7 Å².